The van der Waals surface area contributed by atoms with Gasteiger partial charge in [-0.15, -0.1) is 0 Å². The molecule has 3 heteroatoms. The number of nitrogens with zero attached hydrogens (tertiary/aromatic N) is 2. The molecule has 0 unspecified atom stereocenters. The van der Waals surface area contributed by atoms with Crippen molar-refractivity contribution in [1.29, 1.82) is 0 Å². The van der Waals surface area contributed by atoms with Gasteiger partial charge in [-0.1, -0.05) is 36.4 Å². The van der Waals surface area contributed by atoms with Gasteiger partial charge in [0.1, 0.15) is 11.9 Å². The lowest BCUT2D eigenvalue weighted by atomic mass is 10.0. The first-order valence-electron chi connectivity index (χ1n) is 6.12. The maximum atomic E-state index is 10.2. The van der Waals surface area contributed by atoms with E-state index < -0.39 is 6.10 Å². The minimum atomic E-state index is -0.611. The number of rotatable bonds is 4. The predicted octanol–water partition coefficient (Wildman–Crippen LogP) is 2.62. The second-order valence-corrected chi connectivity index (χ2v) is 4.28. The summed E-state index contributed by atoms with van der Waals surface area (Å²) in [7, 11) is 2.00. The third kappa shape index (κ3) is 2.68. The molecule has 0 aliphatic rings. The fourth-order valence-electron chi connectivity index (χ4n) is 1.77. The Morgan fingerprint density at radius 1 is 1.11 bits per heavy atom. The van der Waals surface area contributed by atoms with Gasteiger partial charge >= 0.3 is 0 Å². The molecule has 18 heavy (non-hydrogen) atoms. The zero-order valence-corrected chi connectivity index (χ0v) is 10.7. The van der Waals surface area contributed by atoms with Crippen LogP contribution in [0.2, 0.25) is 0 Å². The van der Waals surface area contributed by atoms with E-state index in [2.05, 4.69) is 16.8 Å². The molecule has 0 aliphatic carbocycles. The summed E-state index contributed by atoms with van der Waals surface area (Å²) in [5.74, 6) is 0.918. The fraction of sp³-hybridized carbons (Fsp3) is 0.267. The first-order valence-corrected chi connectivity index (χ1v) is 6.12. The van der Waals surface area contributed by atoms with Crippen LogP contribution in [0.1, 0.15) is 24.2 Å². The molecule has 1 aromatic carbocycles. The van der Waals surface area contributed by atoms with Crippen LogP contribution in [0.15, 0.2) is 48.7 Å². The van der Waals surface area contributed by atoms with Gasteiger partial charge in [0.15, 0.2) is 0 Å². The summed E-state index contributed by atoms with van der Waals surface area (Å²) in [6, 6.07) is 13.5. The standard InChI is InChI=1S/C15H18N2O/c1-3-17(2)14-10-9-13(11-16-14)15(18)12-7-5-4-6-8-12/h4-11,15,18H,3H2,1-2H3/t15-/m0/s1. The molecular weight excluding hydrogens is 224 g/mol. The quantitative estimate of drug-likeness (QED) is 0.895. The second-order valence-electron chi connectivity index (χ2n) is 4.28. The van der Waals surface area contributed by atoms with E-state index in [4.69, 9.17) is 0 Å². The third-order valence-corrected chi connectivity index (χ3v) is 3.07. The Balaban J connectivity index is 2.19. The smallest absolute Gasteiger partial charge is 0.128 e. The highest BCUT2D eigenvalue weighted by atomic mass is 16.3. The van der Waals surface area contributed by atoms with Gasteiger partial charge in [0.2, 0.25) is 0 Å². The molecule has 0 aliphatic heterocycles. The van der Waals surface area contributed by atoms with E-state index in [1.54, 1.807) is 6.20 Å². The molecule has 1 aromatic heterocycles. The van der Waals surface area contributed by atoms with Crippen LogP contribution in [0.25, 0.3) is 0 Å². The van der Waals surface area contributed by atoms with Crippen molar-refractivity contribution in [2.75, 3.05) is 18.5 Å². The van der Waals surface area contributed by atoms with Crippen molar-refractivity contribution in [3.05, 3.63) is 59.8 Å². The highest BCUT2D eigenvalue weighted by Gasteiger charge is 2.10. The van der Waals surface area contributed by atoms with Crippen LogP contribution >= 0.6 is 0 Å². The summed E-state index contributed by atoms with van der Waals surface area (Å²) in [5.41, 5.74) is 1.70. The maximum Gasteiger partial charge on any atom is 0.128 e. The van der Waals surface area contributed by atoms with Gasteiger partial charge in [0, 0.05) is 25.4 Å². The second kappa shape index (κ2) is 5.65. The summed E-state index contributed by atoms with van der Waals surface area (Å²) in [5, 5.41) is 10.2. The van der Waals surface area contributed by atoms with Gasteiger partial charge in [-0.25, -0.2) is 4.98 Å². The number of aliphatic hydroxyl groups is 1. The number of hydrogen-bond donors (Lipinski definition) is 1. The molecule has 2 aromatic rings. The Labute approximate surface area is 108 Å². The van der Waals surface area contributed by atoms with Gasteiger partial charge in [0.25, 0.3) is 0 Å². The topological polar surface area (TPSA) is 36.4 Å². The van der Waals surface area contributed by atoms with Crippen LogP contribution in [0.5, 0.6) is 0 Å². The van der Waals surface area contributed by atoms with E-state index in [0.29, 0.717) is 0 Å². The van der Waals surface area contributed by atoms with E-state index in [1.807, 2.05) is 49.5 Å². The minimum absolute atomic E-state index is 0.611. The molecule has 0 saturated heterocycles. The summed E-state index contributed by atoms with van der Waals surface area (Å²) in [6.45, 7) is 2.99. The Morgan fingerprint density at radius 2 is 1.83 bits per heavy atom. The largest absolute Gasteiger partial charge is 0.384 e. The molecular formula is C15H18N2O. The lowest BCUT2D eigenvalue weighted by molar-refractivity contribution is 0.220. The van der Waals surface area contributed by atoms with Gasteiger partial charge < -0.3 is 10.0 Å². The van der Waals surface area contributed by atoms with E-state index in [0.717, 1.165) is 23.5 Å². The monoisotopic (exact) mass is 242 g/mol. The molecule has 1 heterocycles. The lowest BCUT2D eigenvalue weighted by Crippen LogP contribution is -2.17. The highest BCUT2D eigenvalue weighted by molar-refractivity contribution is 5.40. The van der Waals surface area contributed by atoms with Crippen molar-refractivity contribution in [3.8, 4) is 0 Å². The van der Waals surface area contributed by atoms with Crippen molar-refractivity contribution >= 4 is 5.82 Å². The molecule has 0 amide bonds. The van der Waals surface area contributed by atoms with Crippen LogP contribution in [-0.4, -0.2) is 23.7 Å². The van der Waals surface area contributed by atoms with Crippen LogP contribution in [0.4, 0.5) is 5.82 Å². The molecule has 0 spiro atoms. The fourth-order valence-corrected chi connectivity index (χ4v) is 1.77. The number of benzene rings is 1. The number of pyridine rings is 1. The molecule has 3 nitrogen and oxygen atoms in total. The first-order chi connectivity index (χ1) is 8.72. The molecule has 0 saturated carbocycles. The molecule has 2 rings (SSSR count). The Bertz CT molecular complexity index is 482. The Kier molecular flexibility index (Phi) is 3.95. The lowest BCUT2D eigenvalue weighted by Gasteiger charge is -2.17. The van der Waals surface area contributed by atoms with Gasteiger partial charge in [0.05, 0.1) is 0 Å². The van der Waals surface area contributed by atoms with E-state index in [-0.39, 0.29) is 0 Å². The molecule has 0 radical (unpaired) electrons. The van der Waals surface area contributed by atoms with Crippen LogP contribution in [0, 0.1) is 0 Å². The first kappa shape index (κ1) is 12.6. The average Bonchev–Trinajstić information content (AvgIpc) is 2.47. The van der Waals surface area contributed by atoms with Gasteiger partial charge in [-0.2, -0.15) is 0 Å². The predicted molar refractivity (Wildman–Crippen MR) is 73.7 cm³/mol. The zero-order chi connectivity index (χ0) is 13.0. The number of hydrogen-bond acceptors (Lipinski definition) is 3. The van der Waals surface area contributed by atoms with Crippen LogP contribution in [0.3, 0.4) is 0 Å². The van der Waals surface area contributed by atoms with Crippen LogP contribution < -0.4 is 4.90 Å². The summed E-state index contributed by atoms with van der Waals surface area (Å²) in [6.07, 6.45) is 1.12. The van der Waals surface area contributed by atoms with Crippen molar-refractivity contribution in [2.45, 2.75) is 13.0 Å². The normalized spacial score (nSPS) is 12.2. The van der Waals surface area contributed by atoms with Crippen molar-refractivity contribution < 1.29 is 5.11 Å². The number of aromatic nitrogens is 1. The average molecular weight is 242 g/mol. The summed E-state index contributed by atoms with van der Waals surface area (Å²) >= 11 is 0. The Hall–Kier alpha value is -1.87. The van der Waals surface area contributed by atoms with Crippen molar-refractivity contribution in [3.63, 3.8) is 0 Å². The molecule has 1 N–H and O–H groups in total. The Morgan fingerprint density at radius 3 is 2.39 bits per heavy atom. The van der Waals surface area contributed by atoms with E-state index >= 15 is 0 Å². The minimum Gasteiger partial charge on any atom is -0.384 e. The molecule has 1 atom stereocenters. The molecule has 94 valence electrons. The van der Waals surface area contributed by atoms with Gasteiger partial charge in [-0.05, 0) is 18.6 Å². The van der Waals surface area contributed by atoms with Crippen molar-refractivity contribution in [1.82, 2.24) is 4.98 Å². The van der Waals surface area contributed by atoms with Crippen LogP contribution in [-0.2, 0) is 0 Å². The number of aliphatic hydroxyl groups excluding tert-OH is 1. The van der Waals surface area contributed by atoms with E-state index in [1.165, 1.54) is 0 Å². The summed E-state index contributed by atoms with van der Waals surface area (Å²) in [4.78, 5) is 6.42. The molecule has 0 fully saturated rings. The SMILES string of the molecule is CCN(C)c1ccc([C@@H](O)c2ccccc2)cn1. The molecule has 0 bridgehead atoms. The highest BCUT2D eigenvalue weighted by Crippen LogP contribution is 2.22. The van der Waals surface area contributed by atoms with E-state index in [9.17, 15) is 5.11 Å². The number of anilines is 1. The van der Waals surface area contributed by atoms with Gasteiger partial charge in [-0.3, -0.25) is 0 Å². The summed E-state index contributed by atoms with van der Waals surface area (Å²) < 4.78 is 0. The maximum absolute atomic E-state index is 10.2. The van der Waals surface area contributed by atoms with Crippen molar-refractivity contribution in [2.24, 2.45) is 0 Å². The zero-order valence-electron chi connectivity index (χ0n) is 10.7. The third-order valence-electron chi connectivity index (χ3n) is 3.07.